The van der Waals surface area contributed by atoms with Gasteiger partial charge in [0.05, 0.1) is 35.0 Å². The van der Waals surface area contributed by atoms with Crippen LogP contribution in [0.15, 0.2) is 61.2 Å². The van der Waals surface area contributed by atoms with Gasteiger partial charge in [0.1, 0.15) is 11.3 Å². The number of hydrogen-bond donors (Lipinski definition) is 3. The molecule has 8 nitrogen and oxygen atoms in total. The number of nitrogens with zero attached hydrogens (tertiary/aromatic N) is 4. The molecular formula is C28H25N7OS. The molecule has 0 atom stereocenters. The summed E-state index contributed by atoms with van der Waals surface area (Å²) >= 11 is 1.77. The molecular weight excluding hydrogens is 482 g/mol. The van der Waals surface area contributed by atoms with E-state index in [4.69, 9.17) is 0 Å². The zero-order valence-electron chi connectivity index (χ0n) is 20.7. The smallest absolute Gasteiger partial charge is 0.224 e. The first-order valence-electron chi connectivity index (χ1n) is 12.1. The van der Waals surface area contributed by atoms with Crippen molar-refractivity contribution in [2.24, 2.45) is 5.92 Å². The van der Waals surface area contributed by atoms with E-state index in [1.807, 2.05) is 32.2 Å². The molecule has 1 amide bonds. The first-order valence-corrected chi connectivity index (χ1v) is 12.9. The maximum Gasteiger partial charge on any atom is 0.224 e. The highest BCUT2D eigenvalue weighted by atomic mass is 32.1. The monoisotopic (exact) mass is 507 g/mol. The van der Waals surface area contributed by atoms with Crippen LogP contribution in [0.1, 0.15) is 25.1 Å². The third-order valence-corrected chi connectivity index (χ3v) is 7.19. The summed E-state index contributed by atoms with van der Waals surface area (Å²) in [5.41, 5.74) is 6.66. The highest BCUT2D eigenvalue weighted by Gasteiger charge is 2.16. The molecule has 0 aliphatic heterocycles. The molecule has 6 heterocycles. The fraction of sp³-hybridized carbons (Fsp3) is 0.179. The van der Waals surface area contributed by atoms with Crippen molar-refractivity contribution >= 4 is 44.9 Å². The van der Waals surface area contributed by atoms with Crippen LogP contribution < -0.4 is 5.32 Å². The van der Waals surface area contributed by atoms with Crippen molar-refractivity contribution in [2.45, 2.75) is 27.2 Å². The molecule has 3 N–H and O–H groups in total. The molecule has 0 aliphatic carbocycles. The third-order valence-electron chi connectivity index (χ3n) is 6.15. The van der Waals surface area contributed by atoms with Crippen molar-refractivity contribution in [3.8, 4) is 33.1 Å². The molecule has 0 radical (unpaired) electrons. The van der Waals surface area contributed by atoms with Crippen molar-refractivity contribution in [3.05, 3.63) is 66.1 Å². The predicted molar refractivity (Wildman–Crippen MR) is 148 cm³/mol. The second-order valence-corrected chi connectivity index (χ2v) is 10.8. The Kier molecular flexibility index (Phi) is 5.77. The number of thiophene rings is 1. The largest absolute Gasteiger partial charge is 0.338 e. The molecule has 37 heavy (non-hydrogen) atoms. The number of aromatic nitrogens is 6. The van der Waals surface area contributed by atoms with Crippen LogP contribution in [-0.2, 0) is 4.79 Å². The molecule has 6 aromatic heterocycles. The molecule has 184 valence electrons. The Morgan fingerprint density at radius 2 is 1.95 bits per heavy atom. The van der Waals surface area contributed by atoms with Crippen molar-refractivity contribution in [1.82, 2.24) is 30.1 Å². The zero-order valence-corrected chi connectivity index (χ0v) is 21.5. The van der Waals surface area contributed by atoms with Crippen LogP contribution in [0.5, 0.6) is 0 Å². The summed E-state index contributed by atoms with van der Waals surface area (Å²) in [6, 6.07) is 12.3. The summed E-state index contributed by atoms with van der Waals surface area (Å²) in [5.74, 6) is 0.254. The lowest BCUT2D eigenvalue weighted by Crippen LogP contribution is -2.13. The topological polar surface area (TPSA) is 112 Å². The van der Waals surface area contributed by atoms with Crippen LogP contribution in [0, 0.1) is 12.8 Å². The number of anilines is 1. The number of pyridine rings is 3. The van der Waals surface area contributed by atoms with Gasteiger partial charge in [0.15, 0.2) is 0 Å². The van der Waals surface area contributed by atoms with E-state index >= 15 is 0 Å². The van der Waals surface area contributed by atoms with Gasteiger partial charge in [-0.15, -0.1) is 11.3 Å². The number of nitrogens with one attached hydrogen (secondary N) is 3. The van der Waals surface area contributed by atoms with Crippen LogP contribution in [0.2, 0.25) is 0 Å². The van der Waals surface area contributed by atoms with Crippen LogP contribution in [0.3, 0.4) is 0 Å². The average molecular weight is 508 g/mol. The fourth-order valence-corrected chi connectivity index (χ4v) is 5.37. The molecule has 9 heteroatoms. The number of amides is 1. The summed E-state index contributed by atoms with van der Waals surface area (Å²) in [6.07, 6.45) is 7.45. The van der Waals surface area contributed by atoms with Gasteiger partial charge in [-0.1, -0.05) is 13.8 Å². The molecule has 0 spiro atoms. The van der Waals surface area contributed by atoms with E-state index in [2.05, 4.69) is 66.6 Å². The van der Waals surface area contributed by atoms with E-state index in [1.54, 1.807) is 29.9 Å². The minimum atomic E-state index is -0.0287. The number of hydrogen-bond acceptors (Lipinski definition) is 6. The number of H-pyrrole nitrogens is 2. The fourth-order valence-electron chi connectivity index (χ4n) is 4.46. The molecule has 0 aromatic carbocycles. The van der Waals surface area contributed by atoms with E-state index in [0.717, 1.165) is 50.1 Å². The molecule has 0 saturated heterocycles. The molecule has 0 aliphatic rings. The minimum absolute atomic E-state index is 0.0287. The Balaban J connectivity index is 1.38. The highest BCUT2D eigenvalue weighted by Crippen LogP contribution is 2.36. The van der Waals surface area contributed by atoms with Crippen LogP contribution in [0.25, 0.3) is 55.0 Å². The van der Waals surface area contributed by atoms with E-state index in [9.17, 15) is 4.79 Å². The quantitative estimate of drug-likeness (QED) is 0.236. The molecule has 0 unspecified atom stereocenters. The van der Waals surface area contributed by atoms with Gasteiger partial charge in [-0.25, -0.2) is 4.98 Å². The summed E-state index contributed by atoms with van der Waals surface area (Å²) in [5, 5.41) is 12.6. The maximum atomic E-state index is 12.2. The first-order chi connectivity index (χ1) is 17.9. The number of aryl methyl sites for hydroxylation is 1. The van der Waals surface area contributed by atoms with Gasteiger partial charge in [-0.2, -0.15) is 5.10 Å². The lowest BCUT2D eigenvalue weighted by atomic mass is 10.1. The van der Waals surface area contributed by atoms with Crippen LogP contribution in [-0.4, -0.2) is 36.0 Å². The second kappa shape index (κ2) is 9.25. The van der Waals surface area contributed by atoms with Crippen LogP contribution in [0.4, 0.5) is 5.69 Å². The highest BCUT2D eigenvalue weighted by molar-refractivity contribution is 7.15. The number of carbonyl (C=O) groups excluding carboxylic acids is 1. The molecule has 6 aromatic rings. The lowest BCUT2D eigenvalue weighted by Gasteiger charge is -2.08. The summed E-state index contributed by atoms with van der Waals surface area (Å²) < 4.78 is 0. The molecule has 0 saturated carbocycles. The standard InChI is InChI=1S/C28H25N7OS/c1-15(2)8-26(36)32-18-9-17(12-29-13-18)22-11-21-24(14-31-22)34-35-27(21)23-10-20-19(6-7-30-28(20)33-23)25-5-4-16(3)37-25/h4-7,9-15H,8H2,1-3H3,(H,30,33)(H,32,36)(H,34,35). The Morgan fingerprint density at radius 1 is 1.05 bits per heavy atom. The zero-order chi connectivity index (χ0) is 25.5. The number of rotatable bonds is 6. The number of carbonyl (C=O) groups is 1. The third kappa shape index (κ3) is 4.49. The summed E-state index contributed by atoms with van der Waals surface area (Å²) in [7, 11) is 0. The molecule has 6 rings (SSSR count). The second-order valence-electron chi connectivity index (χ2n) is 9.51. The first kappa shape index (κ1) is 23.1. The minimum Gasteiger partial charge on any atom is -0.338 e. The Bertz CT molecular complexity index is 1760. The molecule has 0 fully saturated rings. The van der Waals surface area contributed by atoms with Gasteiger partial charge >= 0.3 is 0 Å². The van der Waals surface area contributed by atoms with Gasteiger partial charge in [0.25, 0.3) is 0 Å². The van der Waals surface area contributed by atoms with E-state index in [1.165, 1.54) is 9.75 Å². The van der Waals surface area contributed by atoms with Gasteiger partial charge in [0, 0.05) is 50.5 Å². The van der Waals surface area contributed by atoms with Gasteiger partial charge in [-0.3, -0.25) is 19.9 Å². The maximum absolute atomic E-state index is 12.2. The van der Waals surface area contributed by atoms with Crippen molar-refractivity contribution < 1.29 is 4.79 Å². The lowest BCUT2D eigenvalue weighted by molar-refractivity contribution is -0.116. The number of aromatic amines is 2. The van der Waals surface area contributed by atoms with Crippen LogP contribution >= 0.6 is 11.3 Å². The SMILES string of the molecule is Cc1ccc(-c2ccnc3[nH]c(-c4n[nH]c5cnc(-c6cncc(NC(=O)CC(C)C)c6)cc45)cc23)s1. The van der Waals surface area contributed by atoms with E-state index in [-0.39, 0.29) is 11.8 Å². The Morgan fingerprint density at radius 3 is 2.76 bits per heavy atom. The Hall–Kier alpha value is -4.37. The van der Waals surface area contributed by atoms with Gasteiger partial charge in [0.2, 0.25) is 5.91 Å². The van der Waals surface area contributed by atoms with Crippen molar-refractivity contribution in [1.29, 1.82) is 0 Å². The normalized spacial score (nSPS) is 11.6. The predicted octanol–water partition coefficient (Wildman–Crippen LogP) is 6.58. The van der Waals surface area contributed by atoms with E-state index in [0.29, 0.717) is 12.1 Å². The van der Waals surface area contributed by atoms with Crippen molar-refractivity contribution in [2.75, 3.05) is 5.32 Å². The summed E-state index contributed by atoms with van der Waals surface area (Å²) in [6.45, 7) is 6.15. The summed E-state index contributed by atoms with van der Waals surface area (Å²) in [4.78, 5) is 31.6. The Labute approximate surface area is 217 Å². The van der Waals surface area contributed by atoms with Gasteiger partial charge < -0.3 is 10.3 Å². The number of fused-ring (bicyclic) bond motifs is 2. The molecule has 0 bridgehead atoms. The van der Waals surface area contributed by atoms with Crippen molar-refractivity contribution in [3.63, 3.8) is 0 Å². The van der Waals surface area contributed by atoms with E-state index < -0.39 is 0 Å². The average Bonchev–Trinajstić information content (AvgIpc) is 3.60. The van der Waals surface area contributed by atoms with Gasteiger partial charge in [-0.05, 0) is 49.2 Å².